The van der Waals surface area contributed by atoms with Crippen molar-refractivity contribution in [2.75, 3.05) is 6.54 Å². The highest BCUT2D eigenvalue weighted by Gasteiger charge is 1.80. The summed E-state index contributed by atoms with van der Waals surface area (Å²) in [4.78, 5) is 10.0. The summed E-state index contributed by atoms with van der Waals surface area (Å²) in [5.41, 5.74) is 0. The molecule has 0 heterocycles. The number of hydrogen-bond acceptors (Lipinski definition) is 1. The van der Waals surface area contributed by atoms with Crippen molar-refractivity contribution in [2.24, 2.45) is 0 Å². The number of nitrogens with one attached hydrogen (secondary N) is 1. The van der Waals surface area contributed by atoms with E-state index in [-0.39, 0.29) is 28.2 Å². The van der Waals surface area contributed by atoms with Crippen LogP contribution in [0.5, 0.6) is 0 Å². The second-order valence-corrected chi connectivity index (χ2v) is 1.23. The molecule has 0 fully saturated rings. The molecule has 0 bridgehead atoms. The van der Waals surface area contributed by atoms with E-state index in [1.807, 2.05) is 0 Å². The first-order chi connectivity index (χ1) is 3.27. The molecule has 0 aliphatic carbocycles. The molecule has 0 aromatic heterocycles. The van der Waals surface area contributed by atoms with Gasteiger partial charge in [-0.2, -0.15) is 0 Å². The van der Waals surface area contributed by atoms with E-state index in [2.05, 4.69) is 11.9 Å². The number of carbonyl (C=O) groups is 1. The molecule has 1 N–H and O–H groups in total. The van der Waals surface area contributed by atoms with Crippen LogP contribution >= 0.6 is 0 Å². The standard InChI is InChI=1S/C5H9NO.3CH4/c1-3-4-6-5(2)7;;;/h3H,1,4H2,2H3,(H,6,7);3*1H4. The van der Waals surface area contributed by atoms with Crippen LogP contribution in [0.1, 0.15) is 29.2 Å². The molecule has 1 amide bonds. The topological polar surface area (TPSA) is 29.1 Å². The van der Waals surface area contributed by atoms with E-state index in [0.717, 1.165) is 0 Å². The summed E-state index contributed by atoms with van der Waals surface area (Å²) < 4.78 is 0. The molecule has 2 nitrogen and oxygen atoms in total. The Balaban J connectivity index is -0.0000000600. The van der Waals surface area contributed by atoms with E-state index in [0.29, 0.717) is 6.54 Å². The van der Waals surface area contributed by atoms with Gasteiger partial charge in [-0.05, 0) is 0 Å². The predicted molar refractivity (Wildman–Crippen MR) is 49.1 cm³/mol. The fraction of sp³-hybridized carbons (Fsp3) is 0.625. The Bertz CT molecular complexity index is 79.3. The molecule has 64 valence electrons. The van der Waals surface area contributed by atoms with Crippen LogP contribution in [0.4, 0.5) is 0 Å². The molecule has 0 atom stereocenters. The molecule has 0 aromatic rings. The third-order valence-corrected chi connectivity index (χ3v) is 0.495. The van der Waals surface area contributed by atoms with Crippen LogP contribution < -0.4 is 5.32 Å². The lowest BCUT2D eigenvalue weighted by Crippen LogP contribution is -2.18. The van der Waals surface area contributed by atoms with Crippen LogP contribution in [0.2, 0.25) is 0 Å². The normalized spacial score (nSPS) is 5.30. The van der Waals surface area contributed by atoms with Crippen LogP contribution in [0.25, 0.3) is 0 Å². The molecule has 0 radical (unpaired) electrons. The van der Waals surface area contributed by atoms with Crippen molar-refractivity contribution in [1.82, 2.24) is 5.32 Å². The molecule has 0 aliphatic rings. The number of hydrogen-bond donors (Lipinski definition) is 1. The lowest BCUT2D eigenvalue weighted by Gasteiger charge is -1.90. The Morgan fingerprint density at radius 2 is 1.90 bits per heavy atom. The van der Waals surface area contributed by atoms with E-state index in [1.165, 1.54) is 6.92 Å². The molecule has 0 spiro atoms. The molecule has 0 aliphatic heterocycles. The summed E-state index contributed by atoms with van der Waals surface area (Å²) >= 11 is 0. The van der Waals surface area contributed by atoms with E-state index in [4.69, 9.17) is 0 Å². The van der Waals surface area contributed by atoms with Crippen LogP contribution in [0, 0.1) is 0 Å². The maximum absolute atomic E-state index is 10.0. The van der Waals surface area contributed by atoms with Gasteiger partial charge in [0.2, 0.25) is 5.91 Å². The van der Waals surface area contributed by atoms with Gasteiger partial charge in [0.25, 0.3) is 0 Å². The predicted octanol–water partition coefficient (Wildman–Crippen LogP) is 2.22. The second kappa shape index (κ2) is 15.7. The zero-order chi connectivity index (χ0) is 5.70. The van der Waals surface area contributed by atoms with Gasteiger partial charge < -0.3 is 5.32 Å². The first-order valence-corrected chi connectivity index (χ1v) is 2.12. The van der Waals surface area contributed by atoms with E-state index >= 15 is 0 Å². The Kier molecular flexibility index (Phi) is 36.0. The molecule has 2 heteroatoms. The van der Waals surface area contributed by atoms with Crippen molar-refractivity contribution in [1.29, 1.82) is 0 Å². The first-order valence-electron chi connectivity index (χ1n) is 2.12. The van der Waals surface area contributed by atoms with Gasteiger partial charge in [-0.3, -0.25) is 4.79 Å². The van der Waals surface area contributed by atoms with E-state index in [9.17, 15) is 4.79 Å². The van der Waals surface area contributed by atoms with Crippen molar-refractivity contribution in [3.8, 4) is 0 Å². The summed E-state index contributed by atoms with van der Waals surface area (Å²) in [6, 6.07) is 0. The minimum Gasteiger partial charge on any atom is -0.353 e. The average Bonchev–Trinajstić information content (AvgIpc) is 1.61. The van der Waals surface area contributed by atoms with Gasteiger partial charge in [-0.1, -0.05) is 28.4 Å². The third kappa shape index (κ3) is 27.0. The smallest absolute Gasteiger partial charge is 0.217 e. The molecule has 0 saturated heterocycles. The zero-order valence-electron chi connectivity index (χ0n) is 4.40. The summed E-state index contributed by atoms with van der Waals surface area (Å²) in [5, 5.41) is 2.54. The Hall–Kier alpha value is -0.790. The Labute approximate surface area is 65.3 Å². The van der Waals surface area contributed by atoms with Crippen LogP contribution in [-0.4, -0.2) is 12.5 Å². The van der Waals surface area contributed by atoms with Crippen LogP contribution in [0.15, 0.2) is 12.7 Å². The quantitative estimate of drug-likeness (QED) is 0.596. The van der Waals surface area contributed by atoms with Crippen molar-refractivity contribution in [3.05, 3.63) is 12.7 Å². The SMILES string of the molecule is C.C.C.C=CCNC(C)=O. The summed E-state index contributed by atoms with van der Waals surface area (Å²) in [6.45, 7) is 5.46. The summed E-state index contributed by atoms with van der Waals surface area (Å²) in [6.07, 6.45) is 1.64. The summed E-state index contributed by atoms with van der Waals surface area (Å²) in [5.74, 6) is -0.0140. The maximum atomic E-state index is 10.0. The highest BCUT2D eigenvalue weighted by molar-refractivity contribution is 5.72. The Morgan fingerprint density at radius 3 is 2.00 bits per heavy atom. The van der Waals surface area contributed by atoms with Crippen molar-refractivity contribution < 1.29 is 4.79 Å². The van der Waals surface area contributed by atoms with Crippen molar-refractivity contribution >= 4 is 5.91 Å². The lowest BCUT2D eigenvalue weighted by atomic mass is 10.6. The fourth-order valence-electron chi connectivity index (χ4n) is 0.216. The van der Waals surface area contributed by atoms with E-state index < -0.39 is 0 Å². The number of amides is 1. The number of carbonyl (C=O) groups excluding carboxylic acids is 1. The monoisotopic (exact) mass is 147 g/mol. The van der Waals surface area contributed by atoms with Gasteiger partial charge >= 0.3 is 0 Å². The molecular weight excluding hydrogens is 126 g/mol. The highest BCUT2D eigenvalue weighted by Crippen LogP contribution is 1.59. The molecule has 0 saturated carbocycles. The largest absolute Gasteiger partial charge is 0.353 e. The van der Waals surface area contributed by atoms with Gasteiger partial charge in [0.05, 0.1) is 0 Å². The lowest BCUT2D eigenvalue weighted by molar-refractivity contribution is -0.118. The van der Waals surface area contributed by atoms with Gasteiger partial charge in [0.15, 0.2) is 0 Å². The summed E-state index contributed by atoms with van der Waals surface area (Å²) in [7, 11) is 0. The number of rotatable bonds is 2. The molecule has 0 rings (SSSR count). The highest BCUT2D eigenvalue weighted by atomic mass is 16.1. The van der Waals surface area contributed by atoms with Crippen molar-refractivity contribution in [2.45, 2.75) is 29.2 Å². The maximum Gasteiger partial charge on any atom is 0.217 e. The molecular formula is C8H21NO. The molecule has 0 unspecified atom stereocenters. The van der Waals surface area contributed by atoms with Crippen LogP contribution in [0.3, 0.4) is 0 Å². The van der Waals surface area contributed by atoms with Crippen LogP contribution in [-0.2, 0) is 4.79 Å². The van der Waals surface area contributed by atoms with Gasteiger partial charge in [0, 0.05) is 13.5 Å². The zero-order valence-corrected chi connectivity index (χ0v) is 4.40. The first kappa shape index (κ1) is 22.9. The van der Waals surface area contributed by atoms with Gasteiger partial charge in [-0.15, -0.1) is 6.58 Å². The average molecular weight is 147 g/mol. The molecule has 0 aromatic carbocycles. The van der Waals surface area contributed by atoms with Crippen molar-refractivity contribution in [3.63, 3.8) is 0 Å². The van der Waals surface area contributed by atoms with Gasteiger partial charge in [0.1, 0.15) is 0 Å². The minimum absolute atomic E-state index is 0. The van der Waals surface area contributed by atoms with E-state index in [1.54, 1.807) is 6.08 Å². The third-order valence-electron chi connectivity index (χ3n) is 0.495. The Morgan fingerprint density at radius 1 is 1.50 bits per heavy atom. The van der Waals surface area contributed by atoms with Gasteiger partial charge in [-0.25, -0.2) is 0 Å². The minimum atomic E-state index is -0.0140. The second-order valence-electron chi connectivity index (χ2n) is 1.23. The fourth-order valence-corrected chi connectivity index (χ4v) is 0.216. The molecule has 10 heavy (non-hydrogen) atoms.